The van der Waals surface area contributed by atoms with Gasteiger partial charge in [-0.05, 0) is 0 Å². The first-order valence-corrected chi connectivity index (χ1v) is 3.28. The summed E-state index contributed by atoms with van der Waals surface area (Å²) in [6.07, 6.45) is 0. The molecule has 0 saturated carbocycles. The first-order valence-electron chi connectivity index (χ1n) is 3.28. The first-order chi connectivity index (χ1) is 5.54. The van der Waals surface area contributed by atoms with Gasteiger partial charge in [-0.3, -0.25) is 19.2 Å². The average Bonchev–Trinajstić information content (AvgIpc) is 2.30. The van der Waals surface area contributed by atoms with Crippen LogP contribution in [0, 0.1) is 5.92 Å². The Morgan fingerprint density at radius 2 is 2.00 bits per heavy atom. The highest BCUT2D eigenvalue weighted by Gasteiger charge is 2.42. The fourth-order valence-corrected chi connectivity index (χ4v) is 0.897. The molecule has 5 nitrogen and oxygen atoms in total. The van der Waals surface area contributed by atoms with Crippen molar-refractivity contribution in [3.05, 3.63) is 0 Å². The second-order valence-electron chi connectivity index (χ2n) is 2.43. The Balaban J connectivity index is 2.87. The van der Waals surface area contributed by atoms with Crippen LogP contribution in [-0.2, 0) is 23.9 Å². The van der Waals surface area contributed by atoms with E-state index in [9.17, 15) is 19.2 Å². The number of carbonyl (C=O) groups excluding carboxylic acids is 4. The molecule has 0 amide bonds. The van der Waals surface area contributed by atoms with Gasteiger partial charge < -0.3 is 4.74 Å². The summed E-state index contributed by atoms with van der Waals surface area (Å²) >= 11 is 0. The number of carbonyl (C=O) groups is 4. The number of Topliss-reactive ketones (excluding diaryl/α,β-unsaturated/α-hetero) is 3. The number of esters is 1. The fourth-order valence-electron chi connectivity index (χ4n) is 0.897. The SMILES string of the molecule is CC(=O)C(=O)C1C(=O)COC1=O. The summed E-state index contributed by atoms with van der Waals surface area (Å²) in [5.41, 5.74) is 0. The van der Waals surface area contributed by atoms with Crippen LogP contribution in [0.3, 0.4) is 0 Å². The van der Waals surface area contributed by atoms with Gasteiger partial charge in [-0.1, -0.05) is 0 Å². The van der Waals surface area contributed by atoms with Crippen molar-refractivity contribution in [2.24, 2.45) is 5.92 Å². The molecule has 0 radical (unpaired) electrons. The molecule has 1 atom stereocenters. The van der Waals surface area contributed by atoms with E-state index in [1.165, 1.54) is 0 Å². The number of hydrogen-bond acceptors (Lipinski definition) is 5. The monoisotopic (exact) mass is 170 g/mol. The zero-order valence-corrected chi connectivity index (χ0v) is 6.33. The number of cyclic esters (lactones) is 1. The van der Waals surface area contributed by atoms with Crippen LogP contribution in [0.4, 0.5) is 0 Å². The van der Waals surface area contributed by atoms with E-state index in [-0.39, 0.29) is 0 Å². The molecule has 0 bridgehead atoms. The quantitative estimate of drug-likeness (QED) is 0.298. The molecule has 0 spiro atoms. The van der Waals surface area contributed by atoms with Crippen molar-refractivity contribution in [1.82, 2.24) is 0 Å². The molecular formula is C7H6O5. The maximum absolute atomic E-state index is 10.9. The number of rotatable bonds is 2. The van der Waals surface area contributed by atoms with Gasteiger partial charge in [-0.15, -0.1) is 0 Å². The minimum atomic E-state index is -1.50. The predicted octanol–water partition coefficient (Wildman–Crippen LogP) is -1.11. The summed E-state index contributed by atoms with van der Waals surface area (Å²) in [6, 6.07) is 0. The first kappa shape index (κ1) is 8.58. The van der Waals surface area contributed by atoms with Gasteiger partial charge in [0.05, 0.1) is 0 Å². The molecule has 64 valence electrons. The molecule has 0 aliphatic carbocycles. The Hall–Kier alpha value is -1.52. The molecule has 12 heavy (non-hydrogen) atoms. The Morgan fingerprint density at radius 3 is 2.33 bits per heavy atom. The lowest BCUT2D eigenvalue weighted by Crippen LogP contribution is -2.30. The third kappa shape index (κ3) is 1.25. The third-order valence-electron chi connectivity index (χ3n) is 1.52. The van der Waals surface area contributed by atoms with Gasteiger partial charge in [0.25, 0.3) is 0 Å². The summed E-state index contributed by atoms with van der Waals surface area (Å²) < 4.78 is 4.29. The molecule has 1 unspecified atom stereocenters. The van der Waals surface area contributed by atoms with Crippen molar-refractivity contribution in [3.8, 4) is 0 Å². The molecule has 1 saturated heterocycles. The fraction of sp³-hybridized carbons (Fsp3) is 0.429. The Kier molecular flexibility index (Phi) is 2.03. The van der Waals surface area contributed by atoms with E-state index in [0.717, 1.165) is 6.92 Å². The van der Waals surface area contributed by atoms with Crippen LogP contribution in [0.15, 0.2) is 0 Å². The van der Waals surface area contributed by atoms with Crippen molar-refractivity contribution in [3.63, 3.8) is 0 Å². The van der Waals surface area contributed by atoms with Crippen LogP contribution in [0.1, 0.15) is 6.92 Å². The second kappa shape index (κ2) is 2.84. The molecule has 0 aromatic heterocycles. The van der Waals surface area contributed by atoms with Gasteiger partial charge in [-0.2, -0.15) is 0 Å². The minimum Gasteiger partial charge on any atom is -0.457 e. The van der Waals surface area contributed by atoms with Crippen molar-refractivity contribution in [2.75, 3.05) is 6.61 Å². The molecule has 0 aromatic carbocycles. The van der Waals surface area contributed by atoms with Crippen molar-refractivity contribution < 1.29 is 23.9 Å². The smallest absolute Gasteiger partial charge is 0.325 e. The van der Waals surface area contributed by atoms with Gasteiger partial charge in [0.1, 0.15) is 0 Å². The Morgan fingerprint density at radius 1 is 1.42 bits per heavy atom. The van der Waals surface area contributed by atoms with E-state index in [2.05, 4.69) is 4.74 Å². The highest BCUT2D eigenvalue weighted by Crippen LogP contribution is 2.11. The van der Waals surface area contributed by atoms with Crippen molar-refractivity contribution in [2.45, 2.75) is 6.92 Å². The van der Waals surface area contributed by atoms with Gasteiger partial charge in [0, 0.05) is 6.92 Å². The zero-order valence-electron chi connectivity index (χ0n) is 6.33. The van der Waals surface area contributed by atoms with E-state index in [1.807, 2.05) is 0 Å². The molecule has 5 heteroatoms. The molecule has 1 rings (SSSR count). The number of hydrogen-bond donors (Lipinski definition) is 0. The highest BCUT2D eigenvalue weighted by molar-refractivity contribution is 6.45. The van der Waals surface area contributed by atoms with E-state index in [1.54, 1.807) is 0 Å². The lowest BCUT2D eigenvalue weighted by Gasteiger charge is -1.97. The zero-order chi connectivity index (χ0) is 9.30. The summed E-state index contributed by atoms with van der Waals surface area (Å²) in [5, 5.41) is 0. The molecule has 0 aromatic rings. The third-order valence-corrected chi connectivity index (χ3v) is 1.52. The Labute approximate surface area is 67.7 Å². The van der Waals surface area contributed by atoms with Crippen LogP contribution in [0.25, 0.3) is 0 Å². The largest absolute Gasteiger partial charge is 0.457 e. The van der Waals surface area contributed by atoms with Gasteiger partial charge in [0.2, 0.25) is 5.78 Å². The Bertz CT molecular complexity index is 262. The van der Waals surface area contributed by atoms with Crippen LogP contribution in [0.2, 0.25) is 0 Å². The van der Waals surface area contributed by atoms with Gasteiger partial charge >= 0.3 is 5.97 Å². The van der Waals surface area contributed by atoms with E-state index < -0.39 is 35.8 Å². The lowest BCUT2D eigenvalue weighted by molar-refractivity contribution is -0.148. The highest BCUT2D eigenvalue weighted by atomic mass is 16.5. The normalized spacial score (nSPS) is 22.2. The lowest BCUT2D eigenvalue weighted by atomic mass is 9.99. The maximum Gasteiger partial charge on any atom is 0.325 e. The van der Waals surface area contributed by atoms with Crippen LogP contribution in [-0.4, -0.2) is 29.9 Å². The molecule has 1 heterocycles. The van der Waals surface area contributed by atoms with Crippen LogP contribution < -0.4 is 0 Å². The molecule has 1 aliphatic heterocycles. The number of ether oxygens (including phenoxy) is 1. The standard InChI is InChI=1S/C7H6O5/c1-3(8)6(10)5-4(9)2-12-7(5)11/h5H,2H2,1H3. The molecule has 1 fully saturated rings. The predicted molar refractivity (Wildman–Crippen MR) is 35.1 cm³/mol. The van der Waals surface area contributed by atoms with Crippen molar-refractivity contribution >= 4 is 23.3 Å². The summed E-state index contributed by atoms with van der Waals surface area (Å²) in [7, 11) is 0. The maximum atomic E-state index is 10.9. The summed E-state index contributed by atoms with van der Waals surface area (Å²) in [4.78, 5) is 42.9. The van der Waals surface area contributed by atoms with E-state index in [4.69, 9.17) is 0 Å². The van der Waals surface area contributed by atoms with Crippen LogP contribution in [0.5, 0.6) is 0 Å². The molecular weight excluding hydrogens is 164 g/mol. The van der Waals surface area contributed by atoms with E-state index in [0.29, 0.717) is 0 Å². The van der Waals surface area contributed by atoms with Crippen LogP contribution >= 0.6 is 0 Å². The average molecular weight is 170 g/mol. The topological polar surface area (TPSA) is 77.5 Å². The summed E-state index contributed by atoms with van der Waals surface area (Å²) in [6.45, 7) is 0.615. The molecule has 0 N–H and O–H groups in total. The van der Waals surface area contributed by atoms with E-state index >= 15 is 0 Å². The second-order valence-corrected chi connectivity index (χ2v) is 2.43. The number of ketones is 3. The van der Waals surface area contributed by atoms with Crippen molar-refractivity contribution in [1.29, 1.82) is 0 Å². The van der Waals surface area contributed by atoms with Gasteiger partial charge in [0.15, 0.2) is 24.1 Å². The summed E-state index contributed by atoms with van der Waals surface area (Å²) in [5.74, 6) is -4.84. The minimum absolute atomic E-state index is 0.400. The van der Waals surface area contributed by atoms with Gasteiger partial charge in [-0.25, -0.2) is 0 Å². The molecule has 1 aliphatic rings.